The molecular weight excluding hydrogens is 508 g/mol. The molecule has 12 heteroatoms. The lowest BCUT2D eigenvalue weighted by molar-refractivity contribution is -0.142. The lowest BCUT2D eigenvalue weighted by Crippen LogP contribution is -2.25. The van der Waals surface area contributed by atoms with Gasteiger partial charge in [-0.1, -0.05) is 23.7 Å². The number of Topliss-reactive ketones (excluding diaryl/α,β-unsaturated/α-hetero) is 1. The van der Waals surface area contributed by atoms with Gasteiger partial charge >= 0.3 is 5.97 Å². The topological polar surface area (TPSA) is 147 Å². The summed E-state index contributed by atoms with van der Waals surface area (Å²) in [5, 5.41) is 17.7. The van der Waals surface area contributed by atoms with E-state index in [9.17, 15) is 9.59 Å². The molecule has 2 N–H and O–H groups in total. The van der Waals surface area contributed by atoms with Crippen LogP contribution < -0.4 is 4.74 Å². The third-order valence-electron chi connectivity index (χ3n) is 4.77. The predicted octanol–water partition coefficient (Wildman–Crippen LogP) is 3.38. The first-order valence-corrected chi connectivity index (χ1v) is 11.9. The third-order valence-corrected chi connectivity index (χ3v) is 4.98. The van der Waals surface area contributed by atoms with E-state index in [1.165, 1.54) is 13.0 Å². The van der Waals surface area contributed by atoms with Crippen molar-refractivity contribution >= 4 is 23.4 Å². The van der Waals surface area contributed by atoms with Crippen LogP contribution in [0.5, 0.6) is 5.88 Å². The van der Waals surface area contributed by atoms with Crippen molar-refractivity contribution in [3.05, 3.63) is 52.9 Å². The molecule has 2 fully saturated rings. The van der Waals surface area contributed by atoms with E-state index < -0.39 is 17.5 Å². The molecule has 0 aromatic carbocycles. The van der Waals surface area contributed by atoms with Crippen molar-refractivity contribution in [1.82, 2.24) is 9.97 Å². The van der Waals surface area contributed by atoms with Gasteiger partial charge in [0.1, 0.15) is 29.7 Å². The lowest BCUT2D eigenvalue weighted by atomic mass is 10.3. The summed E-state index contributed by atoms with van der Waals surface area (Å²) >= 11 is 5.53. The van der Waals surface area contributed by atoms with Crippen molar-refractivity contribution in [2.45, 2.75) is 58.4 Å². The molecule has 2 aliphatic rings. The molecule has 2 aromatic heterocycles. The standard InChI is InChI=1S/C12H15NO5.C7H6ClNO.C6H12O3/c1-12(2)17-7-8(18-12)6-16-10-5-3-4-9(13-10)11(14)15;1-5(10)6-3-2-4-7(8)9-6;1-6(2)8-4-5(3-7)9-6/h3-5,8H,6-7H2,1-2H3,(H,14,15);2-4H,1H3;5,7H,3-4H2,1-2H3/t8-;;5-/m0.0/s1. The number of aliphatic hydroxyl groups is 1. The highest BCUT2D eigenvalue weighted by Crippen LogP contribution is 2.23. The van der Waals surface area contributed by atoms with E-state index >= 15 is 0 Å². The molecule has 37 heavy (non-hydrogen) atoms. The van der Waals surface area contributed by atoms with Crippen LogP contribution in [0, 0.1) is 0 Å². The van der Waals surface area contributed by atoms with Gasteiger partial charge in [0.15, 0.2) is 23.1 Å². The van der Waals surface area contributed by atoms with Gasteiger partial charge in [-0.2, -0.15) is 0 Å². The molecular formula is C25H33ClN2O9. The zero-order valence-electron chi connectivity index (χ0n) is 21.5. The van der Waals surface area contributed by atoms with E-state index in [4.69, 9.17) is 45.5 Å². The third kappa shape index (κ3) is 11.1. The number of hydrogen-bond acceptors (Lipinski definition) is 10. The largest absolute Gasteiger partial charge is 0.477 e. The number of aromatic carboxylic acids is 1. The van der Waals surface area contributed by atoms with Crippen molar-refractivity contribution in [2.75, 3.05) is 26.4 Å². The highest BCUT2D eigenvalue weighted by atomic mass is 35.5. The Labute approximate surface area is 220 Å². The van der Waals surface area contributed by atoms with Crippen molar-refractivity contribution in [1.29, 1.82) is 0 Å². The van der Waals surface area contributed by atoms with Crippen LogP contribution in [0.25, 0.3) is 0 Å². The van der Waals surface area contributed by atoms with E-state index in [1.54, 1.807) is 30.3 Å². The summed E-state index contributed by atoms with van der Waals surface area (Å²) in [5.41, 5.74) is 0.365. The maximum absolute atomic E-state index is 10.7. The summed E-state index contributed by atoms with van der Waals surface area (Å²) < 4.78 is 26.7. The zero-order valence-corrected chi connectivity index (χ0v) is 22.2. The summed E-state index contributed by atoms with van der Waals surface area (Å²) in [6.45, 7) is 10.1. The highest BCUT2D eigenvalue weighted by Gasteiger charge is 2.33. The minimum atomic E-state index is -1.08. The maximum Gasteiger partial charge on any atom is 0.354 e. The molecule has 0 bridgehead atoms. The second kappa shape index (κ2) is 13.8. The summed E-state index contributed by atoms with van der Waals surface area (Å²) in [4.78, 5) is 29.1. The summed E-state index contributed by atoms with van der Waals surface area (Å²) in [6, 6.07) is 9.57. The monoisotopic (exact) mass is 540 g/mol. The van der Waals surface area contributed by atoms with Crippen LogP contribution in [0.3, 0.4) is 0 Å². The summed E-state index contributed by atoms with van der Waals surface area (Å²) in [7, 11) is 0. The van der Waals surface area contributed by atoms with Gasteiger partial charge in [0.2, 0.25) is 5.88 Å². The molecule has 2 aromatic rings. The molecule has 0 saturated carbocycles. The fraction of sp³-hybridized carbons (Fsp3) is 0.520. The molecule has 2 saturated heterocycles. The zero-order chi connectivity index (χ0) is 27.6. The second-order valence-corrected chi connectivity index (χ2v) is 9.35. The van der Waals surface area contributed by atoms with Gasteiger partial charge in [0, 0.05) is 13.0 Å². The second-order valence-electron chi connectivity index (χ2n) is 8.96. The van der Waals surface area contributed by atoms with E-state index in [2.05, 4.69) is 9.97 Å². The van der Waals surface area contributed by atoms with Crippen LogP contribution in [0.1, 0.15) is 55.6 Å². The number of halogens is 1. The van der Waals surface area contributed by atoms with Gasteiger partial charge in [0.05, 0.1) is 19.8 Å². The molecule has 0 amide bonds. The summed E-state index contributed by atoms with van der Waals surface area (Å²) in [6.07, 6.45) is -0.296. The minimum absolute atomic E-state index is 0.0450. The Bertz CT molecular complexity index is 1050. The van der Waals surface area contributed by atoms with Crippen molar-refractivity contribution < 1.29 is 43.5 Å². The van der Waals surface area contributed by atoms with E-state index in [0.717, 1.165) is 0 Å². The molecule has 0 radical (unpaired) electrons. The van der Waals surface area contributed by atoms with Crippen LogP contribution in [-0.2, 0) is 18.9 Å². The molecule has 0 aliphatic carbocycles. The van der Waals surface area contributed by atoms with Crippen LogP contribution in [0.2, 0.25) is 5.15 Å². The Morgan fingerprint density at radius 1 is 0.973 bits per heavy atom. The normalized spacial score (nSPS) is 21.2. The number of carboxylic acids is 1. The number of nitrogens with zero attached hydrogens (tertiary/aromatic N) is 2. The molecule has 4 rings (SSSR count). The molecule has 2 aliphatic heterocycles. The number of carbonyl (C=O) groups excluding carboxylic acids is 1. The number of ether oxygens (including phenoxy) is 5. The average Bonchev–Trinajstić information content (AvgIpc) is 3.38. The summed E-state index contributed by atoms with van der Waals surface area (Å²) in [5.74, 6) is -1.97. The van der Waals surface area contributed by atoms with Gasteiger partial charge in [-0.25, -0.2) is 14.8 Å². The number of aliphatic hydroxyl groups excluding tert-OH is 1. The van der Waals surface area contributed by atoms with Gasteiger partial charge in [-0.05, 0) is 45.9 Å². The molecule has 0 spiro atoms. The van der Waals surface area contributed by atoms with Gasteiger partial charge < -0.3 is 33.9 Å². The molecule has 2 atom stereocenters. The smallest absolute Gasteiger partial charge is 0.354 e. The lowest BCUT2D eigenvalue weighted by Gasteiger charge is -2.17. The van der Waals surface area contributed by atoms with Crippen molar-refractivity contribution in [3.8, 4) is 5.88 Å². The first kappa shape index (κ1) is 30.6. The van der Waals surface area contributed by atoms with Gasteiger partial charge in [0.25, 0.3) is 0 Å². The Morgan fingerprint density at radius 2 is 1.54 bits per heavy atom. The van der Waals surface area contributed by atoms with Crippen LogP contribution >= 0.6 is 11.6 Å². The van der Waals surface area contributed by atoms with Gasteiger partial charge in [-0.3, -0.25) is 4.79 Å². The number of ketones is 1. The molecule has 11 nitrogen and oxygen atoms in total. The highest BCUT2D eigenvalue weighted by molar-refractivity contribution is 6.29. The van der Waals surface area contributed by atoms with Gasteiger partial charge in [-0.15, -0.1) is 0 Å². The van der Waals surface area contributed by atoms with Crippen LogP contribution in [-0.4, -0.2) is 82.1 Å². The van der Waals surface area contributed by atoms with E-state index in [1.807, 2.05) is 27.7 Å². The van der Waals surface area contributed by atoms with E-state index in [-0.39, 0.29) is 42.8 Å². The van der Waals surface area contributed by atoms with Crippen LogP contribution in [0.4, 0.5) is 0 Å². The number of carbonyl (C=O) groups is 2. The SMILES string of the molecule is CC(=O)c1cccc(Cl)n1.CC1(C)OC[C@H](CO)O1.CC1(C)OC[C@H](COc2cccc(C(=O)O)n2)O1. The fourth-order valence-corrected chi connectivity index (χ4v) is 3.26. The number of hydrogen-bond donors (Lipinski definition) is 2. The number of carboxylic acid groups (broad SMARTS) is 1. The quantitative estimate of drug-likeness (QED) is 0.410. The Hall–Kier alpha value is -2.67. The first-order chi connectivity index (χ1) is 17.3. The first-order valence-electron chi connectivity index (χ1n) is 11.5. The number of rotatable bonds is 6. The Balaban J connectivity index is 0.000000214. The van der Waals surface area contributed by atoms with Crippen LogP contribution in [0.15, 0.2) is 36.4 Å². The molecule has 4 heterocycles. The number of aromatic nitrogens is 2. The minimum Gasteiger partial charge on any atom is -0.477 e. The number of pyridine rings is 2. The Kier molecular flexibility index (Phi) is 11.4. The molecule has 204 valence electrons. The van der Waals surface area contributed by atoms with Crippen molar-refractivity contribution in [3.63, 3.8) is 0 Å². The average molecular weight is 541 g/mol. The fourth-order valence-electron chi connectivity index (χ4n) is 3.10. The van der Waals surface area contributed by atoms with E-state index in [0.29, 0.717) is 24.1 Å². The maximum atomic E-state index is 10.7. The molecule has 0 unspecified atom stereocenters. The van der Waals surface area contributed by atoms with Crippen molar-refractivity contribution in [2.24, 2.45) is 0 Å². The Morgan fingerprint density at radius 3 is 1.97 bits per heavy atom. The predicted molar refractivity (Wildman–Crippen MR) is 133 cm³/mol.